The molecule has 8 nitrogen and oxygen atoms in total. The molecule has 1 fully saturated rings. The van der Waals surface area contributed by atoms with Crippen molar-refractivity contribution in [2.45, 2.75) is 85.0 Å². The standard InChI is InChI=1S/C26H38N6O2/c1-7-26(5,6)32-24(28-29-30-32)23(17(2)3)31(16-21-12-9-13-34-21)15-20-14-19-11-8-10-18(4)22(19)27-25(20)33/h8,10-11,14,17,21,23H,7,9,12-13,15-16H2,1-6H3,(H,27,33). The van der Waals surface area contributed by atoms with Crippen LogP contribution in [0.15, 0.2) is 29.1 Å². The fourth-order valence-corrected chi connectivity index (χ4v) is 4.93. The average Bonchev–Trinajstić information content (AvgIpc) is 3.48. The second-order valence-electron chi connectivity index (χ2n) is 10.5. The van der Waals surface area contributed by atoms with Crippen LogP contribution in [-0.2, 0) is 16.8 Å². The van der Waals surface area contributed by atoms with Crippen molar-refractivity contribution in [1.29, 1.82) is 0 Å². The van der Waals surface area contributed by atoms with Gasteiger partial charge in [-0.2, -0.15) is 0 Å². The summed E-state index contributed by atoms with van der Waals surface area (Å²) >= 11 is 0. The first-order valence-corrected chi connectivity index (χ1v) is 12.5. The maximum Gasteiger partial charge on any atom is 0.252 e. The van der Waals surface area contributed by atoms with Gasteiger partial charge in [0.25, 0.3) is 5.56 Å². The molecule has 2 atom stereocenters. The number of aromatic amines is 1. The SMILES string of the molecule is CCC(C)(C)n1nnnc1C(C(C)C)N(Cc1cc2cccc(C)c2[nH]c1=O)CC1CCCO1. The molecule has 8 heteroatoms. The number of pyridine rings is 1. The zero-order valence-electron chi connectivity index (χ0n) is 21.3. The van der Waals surface area contributed by atoms with Gasteiger partial charge >= 0.3 is 0 Å². The molecule has 0 aliphatic carbocycles. The van der Waals surface area contributed by atoms with E-state index in [1.165, 1.54) is 0 Å². The number of fused-ring (bicyclic) bond motifs is 1. The maximum atomic E-state index is 13.2. The fraction of sp³-hybridized carbons (Fsp3) is 0.615. The number of aryl methyl sites for hydroxylation is 1. The highest BCUT2D eigenvalue weighted by atomic mass is 16.5. The minimum atomic E-state index is -0.209. The topological polar surface area (TPSA) is 88.9 Å². The van der Waals surface area contributed by atoms with Crippen molar-refractivity contribution < 1.29 is 4.74 Å². The molecule has 1 saturated heterocycles. The lowest BCUT2D eigenvalue weighted by Gasteiger charge is -2.36. The molecule has 1 N–H and O–H groups in total. The molecule has 0 amide bonds. The summed E-state index contributed by atoms with van der Waals surface area (Å²) in [5.74, 6) is 1.08. The molecule has 0 bridgehead atoms. The first-order chi connectivity index (χ1) is 16.2. The minimum absolute atomic E-state index is 0.0462. The van der Waals surface area contributed by atoms with Crippen LogP contribution in [0.1, 0.15) is 76.9 Å². The molecule has 3 aromatic rings. The number of para-hydroxylation sites is 1. The van der Waals surface area contributed by atoms with Gasteiger partial charge in [-0.25, -0.2) is 4.68 Å². The Labute approximate surface area is 201 Å². The smallest absolute Gasteiger partial charge is 0.252 e. The molecule has 0 saturated carbocycles. The molecule has 1 aromatic carbocycles. The van der Waals surface area contributed by atoms with Crippen molar-refractivity contribution in [2.75, 3.05) is 13.2 Å². The third-order valence-electron chi connectivity index (χ3n) is 7.22. The number of tetrazole rings is 1. The minimum Gasteiger partial charge on any atom is -0.377 e. The number of hydrogen-bond acceptors (Lipinski definition) is 6. The Hall–Kier alpha value is -2.58. The normalized spacial score (nSPS) is 17.8. The van der Waals surface area contributed by atoms with Gasteiger partial charge < -0.3 is 9.72 Å². The number of hydrogen-bond donors (Lipinski definition) is 1. The second-order valence-corrected chi connectivity index (χ2v) is 10.5. The van der Waals surface area contributed by atoms with Crippen molar-refractivity contribution in [3.63, 3.8) is 0 Å². The largest absolute Gasteiger partial charge is 0.377 e. The van der Waals surface area contributed by atoms with Crippen molar-refractivity contribution in [2.24, 2.45) is 5.92 Å². The lowest BCUT2D eigenvalue weighted by atomic mass is 9.97. The molecule has 1 aliphatic rings. The molecular weight excluding hydrogens is 428 g/mol. The summed E-state index contributed by atoms with van der Waals surface area (Å²) in [4.78, 5) is 18.6. The zero-order chi connectivity index (χ0) is 24.5. The van der Waals surface area contributed by atoms with Gasteiger partial charge in [0.2, 0.25) is 0 Å². The monoisotopic (exact) mass is 466 g/mol. The summed E-state index contributed by atoms with van der Waals surface area (Å²) in [5, 5.41) is 14.0. The highest BCUT2D eigenvalue weighted by Crippen LogP contribution is 2.33. The van der Waals surface area contributed by atoms with E-state index in [1.54, 1.807) is 0 Å². The van der Waals surface area contributed by atoms with Gasteiger partial charge in [0.15, 0.2) is 5.82 Å². The molecule has 184 valence electrons. The van der Waals surface area contributed by atoms with Crippen LogP contribution in [0.25, 0.3) is 10.9 Å². The Morgan fingerprint density at radius 2 is 2.12 bits per heavy atom. The predicted octanol–water partition coefficient (Wildman–Crippen LogP) is 4.35. The van der Waals surface area contributed by atoms with E-state index in [9.17, 15) is 4.79 Å². The van der Waals surface area contributed by atoms with E-state index in [4.69, 9.17) is 4.74 Å². The summed E-state index contributed by atoms with van der Waals surface area (Å²) in [5.41, 5.74) is 2.46. The van der Waals surface area contributed by atoms with Crippen LogP contribution in [0.2, 0.25) is 0 Å². The first-order valence-electron chi connectivity index (χ1n) is 12.5. The van der Waals surface area contributed by atoms with Gasteiger partial charge in [-0.3, -0.25) is 9.69 Å². The van der Waals surface area contributed by atoms with Crippen molar-refractivity contribution in [3.8, 4) is 0 Å². The van der Waals surface area contributed by atoms with Crippen LogP contribution in [0.4, 0.5) is 0 Å². The van der Waals surface area contributed by atoms with E-state index in [0.29, 0.717) is 6.54 Å². The summed E-state index contributed by atoms with van der Waals surface area (Å²) in [6.07, 6.45) is 3.15. The summed E-state index contributed by atoms with van der Waals surface area (Å²) < 4.78 is 7.98. The summed E-state index contributed by atoms with van der Waals surface area (Å²) in [6.45, 7) is 14.9. The molecule has 2 unspecified atom stereocenters. The maximum absolute atomic E-state index is 13.2. The van der Waals surface area contributed by atoms with Crippen molar-refractivity contribution in [3.05, 3.63) is 51.6 Å². The lowest BCUT2D eigenvalue weighted by molar-refractivity contribution is 0.0368. The second kappa shape index (κ2) is 9.96. The Morgan fingerprint density at radius 1 is 1.32 bits per heavy atom. The van der Waals surface area contributed by atoms with Gasteiger partial charge in [-0.05, 0) is 73.4 Å². The zero-order valence-corrected chi connectivity index (χ0v) is 21.3. The number of nitrogens with one attached hydrogen (secondary N) is 1. The van der Waals surface area contributed by atoms with Crippen LogP contribution < -0.4 is 5.56 Å². The average molecular weight is 467 g/mol. The van der Waals surface area contributed by atoms with E-state index >= 15 is 0 Å². The van der Waals surface area contributed by atoms with Crippen LogP contribution in [0.3, 0.4) is 0 Å². The quantitative estimate of drug-likeness (QED) is 0.504. The Kier molecular flexibility index (Phi) is 7.19. The summed E-state index contributed by atoms with van der Waals surface area (Å²) in [6, 6.07) is 8.07. The molecule has 0 radical (unpaired) electrons. The summed E-state index contributed by atoms with van der Waals surface area (Å²) in [7, 11) is 0. The molecule has 2 aromatic heterocycles. The molecule has 3 heterocycles. The Morgan fingerprint density at radius 3 is 2.79 bits per heavy atom. The van der Waals surface area contributed by atoms with Crippen molar-refractivity contribution in [1.82, 2.24) is 30.1 Å². The number of nitrogens with zero attached hydrogens (tertiary/aromatic N) is 5. The van der Waals surface area contributed by atoms with Gasteiger partial charge in [0.05, 0.1) is 23.2 Å². The lowest BCUT2D eigenvalue weighted by Crippen LogP contribution is -2.41. The number of H-pyrrole nitrogens is 1. The van der Waals surface area contributed by atoms with Crippen LogP contribution in [0.5, 0.6) is 0 Å². The van der Waals surface area contributed by atoms with Gasteiger partial charge in [0, 0.05) is 25.3 Å². The van der Waals surface area contributed by atoms with E-state index < -0.39 is 0 Å². The van der Waals surface area contributed by atoms with E-state index in [2.05, 4.69) is 66.1 Å². The Balaban J connectivity index is 1.76. The molecule has 0 spiro atoms. The molecule has 34 heavy (non-hydrogen) atoms. The van der Waals surface area contributed by atoms with Crippen LogP contribution in [-0.4, -0.2) is 49.3 Å². The number of benzene rings is 1. The molecular formula is C26H38N6O2. The third kappa shape index (κ3) is 4.93. The number of aromatic nitrogens is 5. The number of ether oxygens (including phenoxy) is 1. The van der Waals surface area contributed by atoms with Crippen LogP contribution >= 0.6 is 0 Å². The Bertz CT molecular complexity index is 1180. The first kappa shape index (κ1) is 24.5. The molecule has 1 aliphatic heterocycles. The fourth-order valence-electron chi connectivity index (χ4n) is 4.93. The van der Waals surface area contributed by atoms with Gasteiger partial charge in [-0.15, -0.1) is 5.10 Å². The molecule has 4 rings (SSSR count). The van der Waals surface area contributed by atoms with E-state index in [1.807, 2.05) is 29.8 Å². The van der Waals surface area contributed by atoms with Crippen LogP contribution in [0, 0.1) is 12.8 Å². The highest BCUT2D eigenvalue weighted by Gasteiger charge is 2.35. The van der Waals surface area contributed by atoms with Gasteiger partial charge in [-0.1, -0.05) is 39.0 Å². The number of rotatable bonds is 9. The van der Waals surface area contributed by atoms with E-state index in [-0.39, 0.29) is 29.2 Å². The highest BCUT2D eigenvalue weighted by molar-refractivity contribution is 5.81. The third-order valence-corrected chi connectivity index (χ3v) is 7.22. The van der Waals surface area contributed by atoms with E-state index in [0.717, 1.165) is 60.3 Å². The predicted molar refractivity (Wildman–Crippen MR) is 134 cm³/mol. The van der Waals surface area contributed by atoms with Gasteiger partial charge in [0.1, 0.15) is 0 Å². The van der Waals surface area contributed by atoms with Crippen molar-refractivity contribution >= 4 is 10.9 Å².